The zero-order chi connectivity index (χ0) is 13.1. The van der Waals surface area contributed by atoms with Crippen molar-refractivity contribution >= 4 is 22.4 Å². The molecule has 2 aromatic heterocycles. The van der Waals surface area contributed by atoms with Crippen LogP contribution in [0.25, 0.3) is 0 Å². The van der Waals surface area contributed by atoms with Crippen LogP contribution >= 0.6 is 11.3 Å². The van der Waals surface area contributed by atoms with Crippen molar-refractivity contribution in [1.82, 2.24) is 14.8 Å². The molecule has 0 saturated carbocycles. The first kappa shape index (κ1) is 12.6. The summed E-state index contributed by atoms with van der Waals surface area (Å²) in [5.41, 5.74) is 1.12. The largest absolute Gasteiger partial charge is 0.476 e. The van der Waals surface area contributed by atoms with Gasteiger partial charge in [-0.3, -0.25) is 4.68 Å². The first-order valence-electron chi connectivity index (χ1n) is 5.49. The second-order valence-electron chi connectivity index (χ2n) is 3.89. The highest BCUT2D eigenvalue weighted by Crippen LogP contribution is 2.21. The molecule has 0 fully saturated rings. The second-order valence-corrected chi connectivity index (χ2v) is 5.09. The molecular formula is C11H14N4O2S. The van der Waals surface area contributed by atoms with E-state index in [2.05, 4.69) is 15.4 Å². The first-order chi connectivity index (χ1) is 8.56. The summed E-state index contributed by atoms with van der Waals surface area (Å²) in [6.45, 7) is 2.44. The Bertz CT molecular complexity index is 561. The summed E-state index contributed by atoms with van der Waals surface area (Å²) in [5, 5.41) is 16.9. The quantitative estimate of drug-likeness (QED) is 0.858. The Hall–Kier alpha value is -1.89. The lowest BCUT2D eigenvalue weighted by Gasteiger charge is -1.99. The zero-order valence-corrected chi connectivity index (χ0v) is 11.0. The fraction of sp³-hybridized carbons (Fsp3) is 0.364. The number of nitrogens with zero attached hydrogens (tertiary/aromatic N) is 3. The van der Waals surface area contributed by atoms with Crippen LogP contribution in [-0.4, -0.2) is 32.4 Å². The topological polar surface area (TPSA) is 80.0 Å². The number of aryl methyl sites for hydroxylation is 2. The van der Waals surface area contributed by atoms with Gasteiger partial charge >= 0.3 is 5.97 Å². The highest BCUT2D eigenvalue weighted by molar-refractivity contribution is 7.15. The van der Waals surface area contributed by atoms with Gasteiger partial charge in [-0.25, -0.2) is 9.78 Å². The van der Waals surface area contributed by atoms with E-state index in [0.29, 0.717) is 16.6 Å². The Balaban J connectivity index is 1.90. The number of aromatic carboxylic acids is 1. The number of hydrogen-bond donors (Lipinski definition) is 2. The minimum atomic E-state index is -0.985. The number of anilines is 1. The van der Waals surface area contributed by atoms with Crippen LogP contribution in [0.3, 0.4) is 0 Å². The van der Waals surface area contributed by atoms with Crippen molar-refractivity contribution in [2.24, 2.45) is 7.05 Å². The second kappa shape index (κ2) is 5.18. The molecule has 0 unspecified atom stereocenters. The van der Waals surface area contributed by atoms with Crippen molar-refractivity contribution < 1.29 is 9.90 Å². The van der Waals surface area contributed by atoms with Gasteiger partial charge in [-0.15, -0.1) is 11.3 Å². The molecule has 0 spiro atoms. The molecule has 2 rings (SSSR count). The van der Waals surface area contributed by atoms with E-state index in [1.54, 1.807) is 11.6 Å². The molecule has 2 N–H and O–H groups in total. The monoisotopic (exact) mass is 266 g/mol. The van der Waals surface area contributed by atoms with Crippen LogP contribution in [0.1, 0.15) is 21.1 Å². The molecule has 18 heavy (non-hydrogen) atoms. The Morgan fingerprint density at radius 2 is 2.39 bits per heavy atom. The lowest BCUT2D eigenvalue weighted by Crippen LogP contribution is -2.06. The first-order valence-corrected chi connectivity index (χ1v) is 6.31. The van der Waals surface area contributed by atoms with Crippen molar-refractivity contribution in [2.45, 2.75) is 13.3 Å². The zero-order valence-electron chi connectivity index (χ0n) is 10.2. The third kappa shape index (κ3) is 2.86. The highest BCUT2D eigenvalue weighted by atomic mass is 32.1. The number of carboxylic acid groups (broad SMARTS) is 1. The van der Waals surface area contributed by atoms with E-state index in [1.165, 1.54) is 11.3 Å². The van der Waals surface area contributed by atoms with Crippen molar-refractivity contribution in [1.29, 1.82) is 0 Å². The molecule has 0 aliphatic carbocycles. The third-order valence-electron chi connectivity index (χ3n) is 2.43. The molecule has 0 atom stereocenters. The van der Waals surface area contributed by atoms with Gasteiger partial charge in [-0.05, 0) is 13.0 Å². The number of carboxylic acids is 1. The summed E-state index contributed by atoms with van der Waals surface area (Å²) in [6.07, 6.45) is 2.67. The lowest BCUT2D eigenvalue weighted by atomic mass is 10.3. The summed E-state index contributed by atoms with van der Waals surface area (Å²) in [7, 11) is 1.88. The molecule has 2 heterocycles. The average molecular weight is 266 g/mol. The summed E-state index contributed by atoms with van der Waals surface area (Å²) < 4.78 is 1.76. The molecule has 0 amide bonds. The summed E-state index contributed by atoms with van der Waals surface area (Å²) in [5.74, 6) is -0.985. The van der Waals surface area contributed by atoms with Gasteiger partial charge in [0.1, 0.15) is 0 Å². The van der Waals surface area contributed by atoms with Gasteiger partial charge in [0.2, 0.25) is 0 Å². The predicted molar refractivity (Wildman–Crippen MR) is 69.2 cm³/mol. The number of hydrogen-bond acceptors (Lipinski definition) is 5. The lowest BCUT2D eigenvalue weighted by molar-refractivity contribution is 0.0690. The van der Waals surface area contributed by atoms with Gasteiger partial charge in [0, 0.05) is 31.1 Å². The van der Waals surface area contributed by atoms with E-state index in [9.17, 15) is 4.79 Å². The number of carbonyl (C=O) groups is 1. The minimum absolute atomic E-state index is 0.125. The maximum atomic E-state index is 10.8. The Morgan fingerprint density at radius 1 is 1.61 bits per heavy atom. The van der Waals surface area contributed by atoms with Crippen molar-refractivity contribution in [2.75, 3.05) is 11.9 Å². The van der Waals surface area contributed by atoms with Crippen LogP contribution in [-0.2, 0) is 13.5 Å². The van der Waals surface area contributed by atoms with Crippen molar-refractivity contribution in [3.05, 3.63) is 28.5 Å². The van der Waals surface area contributed by atoms with Gasteiger partial charge in [-0.1, -0.05) is 0 Å². The van der Waals surface area contributed by atoms with Crippen LogP contribution in [0, 0.1) is 6.92 Å². The van der Waals surface area contributed by atoms with Crippen LogP contribution in [0.4, 0.5) is 5.13 Å². The molecule has 7 heteroatoms. The highest BCUT2D eigenvalue weighted by Gasteiger charge is 2.13. The van der Waals surface area contributed by atoms with E-state index in [-0.39, 0.29) is 5.69 Å². The average Bonchev–Trinajstić information content (AvgIpc) is 2.85. The molecule has 0 aliphatic heterocycles. The fourth-order valence-corrected chi connectivity index (χ4v) is 2.40. The molecule has 0 aromatic carbocycles. The third-order valence-corrected chi connectivity index (χ3v) is 3.35. The predicted octanol–water partition coefficient (Wildman–Crippen LogP) is 1.54. The minimum Gasteiger partial charge on any atom is -0.476 e. The molecule has 96 valence electrons. The molecule has 6 nitrogen and oxygen atoms in total. The van der Waals surface area contributed by atoms with Crippen LogP contribution < -0.4 is 5.32 Å². The number of rotatable bonds is 5. The van der Waals surface area contributed by atoms with E-state index >= 15 is 0 Å². The van der Waals surface area contributed by atoms with Crippen molar-refractivity contribution in [3.8, 4) is 0 Å². The number of thiazole rings is 1. The molecule has 0 bridgehead atoms. The summed E-state index contributed by atoms with van der Waals surface area (Å²) in [4.78, 5) is 15.6. The Morgan fingerprint density at radius 3 is 2.94 bits per heavy atom. The maximum absolute atomic E-state index is 10.8. The van der Waals surface area contributed by atoms with Crippen LogP contribution in [0.15, 0.2) is 12.3 Å². The molecule has 0 radical (unpaired) electrons. The van der Waals surface area contributed by atoms with E-state index in [1.807, 2.05) is 19.3 Å². The van der Waals surface area contributed by atoms with E-state index in [0.717, 1.165) is 12.1 Å². The molecule has 2 aromatic rings. The van der Waals surface area contributed by atoms with Gasteiger partial charge in [0.05, 0.1) is 5.69 Å². The van der Waals surface area contributed by atoms with Gasteiger partial charge in [0.25, 0.3) is 0 Å². The van der Waals surface area contributed by atoms with Gasteiger partial charge in [0.15, 0.2) is 10.8 Å². The number of nitrogens with one attached hydrogen (secondary N) is 1. The fourth-order valence-electron chi connectivity index (χ4n) is 1.56. The Labute approximate surface area is 108 Å². The maximum Gasteiger partial charge on any atom is 0.355 e. The smallest absolute Gasteiger partial charge is 0.355 e. The van der Waals surface area contributed by atoms with Gasteiger partial charge in [-0.2, -0.15) is 5.10 Å². The molecule has 0 aliphatic rings. The normalized spacial score (nSPS) is 10.6. The van der Waals surface area contributed by atoms with E-state index < -0.39 is 5.97 Å². The van der Waals surface area contributed by atoms with Crippen LogP contribution in [0.5, 0.6) is 0 Å². The standard InChI is InChI=1S/C11H14N4O2S/c1-7-9(10(16)17)13-11(18-7)12-5-3-8-4-6-15(2)14-8/h4,6H,3,5H2,1-2H3,(H,12,13)(H,16,17). The molecular weight excluding hydrogens is 252 g/mol. The number of aromatic nitrogens is 3. The SMILES string of the molecule is Cc1sc(NCCc2ccn(C)n2)nc1C(=O)O. The van der Waals surface area contributed by atoms with E-state index in [4.69, 9.17) is 5.11 Å². The van der Waals surface area contributed by atoms with Crippen molar-refractivity contribution in [3.63, 3.8) is 0 Å². The van der Waals surface area contributed by atoms with Gasteiger partial charge < -0.3 is 10.4 Å². The summed E-state index contributed by atoms with van der Waals surface area (Å²) >= 11 is 1.35. The summed E-state index contributed by atoms with van der Waals surface area (Å²) in [6, 6.07) is 1.96. The van der Waals surface area contributed by atoms with Crippen LogP contribution in [0.2, 0.25) is 0 Å². The molecule has 0 saturated heterocycles. The Kier molecular flexibility index (Phi) is 3.61.